The monoisotopic (exact) mass is 541 g/mol. The Balaban J connectivity index is 1.61. The van der Waals surface area contributed by atoms with Crippen LogP contribution in [0.15, 0.2) is 51.6 Å². The van der Waals surface area contributed by atoms with Crippen molar-refractivity contribution in [3.8, 4) is 5.75 Å². The van der Waals surface area contributed by atoms with Crippen molar-refractivity contribution >= 4 is 34.8 Å². The molecule has 0 radical (unpaired) electrons. The molecule has 1 fully saturated rings. The number of rotatable bonds is 8. The molecule has 3 heterocycles. The quantitative estimate of drug-likeness (QED) is 0.447. The Morgan fingerprint density at radius 2 is 1.92 bits per heavy atom. The third-order valence-electron chi connectivity index (χ3n) is 6.72. The fourth-order valence-electron chi connectivity index (χ4n) is 4.93. The Hall–Kier alpha value is -3.27. The summed E-state index contributed by atoms with van der Waals surface area (Å²) in [5, 5.41) is 2.62. The average molecular weight is 542 g/mol. The van der Waals surface area contributed by atoms with Crippen molar-refractivity contribution in [1.29, 1.82) is 0 Å². The van der Waals surface area contributed by atoms with Gasteiger partial charge in [-0.1, -0.05) is 23.9 Å². The predicted molar refractivity (Wildman–Crippen MR) is 145 cm³/mol. The number of likely N-dealkylation sites (tertiary alicyclic amines) is 1. The number of amides is 1. The van der Waals surface area contributed by atoms with Crippen LogP contribution < -0.4 is 4.74 Å². The van der Waals surface area contributed by atoms with E-state index < -0.39 is 12.0 Å². The third kappa shape index (κ3) is 5.90. The summed E-state index contributed by atoms with van der Waals surface area (Å²) in [5.74, 6) is -0.357. The zero-order chi connectivity index (χ0) is 27.4. The van der Waals surface area contributed by atoms with Crippen LogP contribution in [0.25, 0.3) is 0 Å². The van der Waals surface area contributed by atoms with Gasteiger partial charge in [-0.25, -0.2) is 9.79 Å². The number of aliphatic imine (C=N–C) groups is 1. The van der Waals surface area contributed by atoms with Crippen molar-refractivity contribution in [2.24, 2.45) is 10.9 Å². The molecule has 0 unspecified atom stereocenters. The second-order valence-corrected chi connectivity index (χ2v) is 10.6. The molecule has 204 valence electrons. The zero-order valence-electron chi connectivity index (χ0n) is 22.6. The maximum atomic E-state index is 13.4. The van der Waals surface area contributed by atoms with Gasteiger partial charge in [0.15, 0.2) is 5.17 Å². The lowest BCUT2D eigenvalue weighted by Gasteiger charge is -2.37. The molecule has 10 heteroatoms. The lowest BCUT2D eigenvalue weighted by Crippen LogP contribution is -2.44. The van der Waals surface area contributed by atoms with Crippen LogP contribution >= 0.6 is 11.8 Å². The van der Waals surface area contributed by atoms with Crippen LogP contribution in [0, 0.1) is 5.92 Å². The van der Waals surface area contributed by atoms with Crippen LogP contribution in [0.2, 0.25) is 0 Å². The molecule has 1 aromatic carbocycles. The summed E-state index contributed by atoms with van der Waals surface area (Å²) in [5.41, 5.74) is 2.63. The maximum absolute atomic E-state index is 13.4. The van der Waals surface area contributed by atoms with E-state index in [0.29, 0.717) is 41.9 Å². The highest BCUT2D eigenvalue weighted by molar-refractivity contribution is 8.16. The van der Waals surface area contributed by atoms with Gasteiger partial charge in [-0.15, -0.1) is 0 Å². The van der Waals surface area contributed by atoms with Gasteiger partial charge < -0.3 is 24.0 Å². The fourth-order valence-corrected chi connectivity index (χ4v) is 5.90. The van der Waals surface area contributed by atoms with E-state index in [9.17, 15) is 14.4 Å². The third-order valence-corrected chi connectivity index (χ3v) is 7.61. The number of benzene rings is 1. The Morgan fingerprint density at radius 1 is 1.18 bits per heavy atom. The number of allylic oxidation sites excluding steroid dienone is 1. The van der Waals surface area contributed by atoms with Crippen LogP contribution in [0.4, 0.5) is 0 Å². The van der Waals surface area contributed by atoms with Crippen LogP contribution in [-0.4, -0.2) is 65.7 Å². The number of fused-ring (bicyclic) bond motifs is 1. The number of carbonyl (C=O) groups is 3. The summed E-state index contributed by atoms with van der Waals surface area (Å²) in [4.78, 5) is 47.4. The SMILES string of the molecule is CCOC(=O)[C@H]1CCCN(C(=O)CC2=CSC3=NC(C)=C(C(=O)OC(C)C)[C@H](c4ccc(OC)cc4)N23)C1. The summed E-state index contributed by atoms with van der Waals surface area (Å²) in [7, 11) is 1.60. The number of piperidine rings is 1. The summed E-state index contributed by atoms with van der Waals surface area (Å²) in [6.07, 6.45) is 1.30. The van der Waals surface area contributed by atoms with Gasteiger partial charge in [-0.05, 0) is 63.6 Å². The molecule has 0 aliphatic carbocycles. The van der Waals surface area contributed by atoms with E-state index in [-0.39, 0.29) is 30.3 Å². The number of nitrogens with zero attached hydrogens (tertiary/aromatic N) is 3. The zero-order valence-corrected chi connectivity index (χ0v) is 23.4. The van der Waals surface area contributed by atoms with Gasteiger partial charge in [0, 0.05) is 18.8 Å². The first-order chi connectivity index (χ1) is 18.2. The van der Waals surface area contributed by atoms with Gasteiger partial charge >= 0.3 is 11.9 Å². The number of hydrogen-bond acceptors (Lipinski definition) is 9. The van der Waals surface area contributed by atoms with E-state index in [2.05, 4.69) is 0 Å². The largest absolute Gasteiger partial charge is 0.497 e. The number of esters is 2. The predicted octanol–water partition coefficient (Wildman–Crippen LogP) is 4.41. The molecule has 1 aromatic rings. The van der Waals surface area contributed by atoms with Crippen molar-refractivity contribution in [3.05, 3.63) is 52.2 Å². The first kappa shape index (κ1) is 27.8. The van der Waals surface area contributed by atoms with Crippen LogP contribution in [-0.2, 0) is 23.9 Å². The first-order valence-corrected chi connectivity index (χ1v) is 13.8. The molecule has 3 aliphatic heterocycles. The van der Waals surface area contributed by atoms with Gasteiger partial charge in [-0.2, -0.15) is 0 Å². The lowest BCUT2D eigenvalue weighted by atomic mass is 9.93. The first-order valence-electron chi connectivity index (χ1n) is 13.0. The van der Waals surface area contributed by atoms with E-state index in [1.54, 1.807) is 18.9 Å². The Bertz CT molecular complexity index is 1170. The molecule has 4 rings (SSSR count). The molecule has 2 atom stereocenters. The van der Waals surface area contributed by atoms with Crippen molar-refractivity contribution in [3.63, 3.8) is 0 Å². The summed E-state index contributed by atoms with van der Waals surface area (Å²) < 4.78 is 16.1. The minimum absolute atomic E-state index is 0.0711. The van der Waals surface area contributed by atoms with Crippen molar-refractivity contribution < 1.29 is 28.6 Å². The number of thioether (sulfide) groups is 1. The van der Waals surface area contributed by atoms with Gasteiger partial charge in [0.05, 0.1) is 49.5 Å². The van der Waals surface area contributed by atoms with Crippen molar-refractivity contribution in [1.82, 2.24) is 9.80 Å². The van der Waals surface area contributed by atoms with Gasteiger partial charge in [0.25, 0.3) is 0 Å². The normalized spacial score (nSPS) is 21.1. The summed E-state index contributed by atoms with van der Waals surface area (Å²) in [6, 6.07) is 7.02. The lowest BCUT2D eigenvalue weighted by molar-refractivity contribution is -0.151. The molecule has 0 aromatic heterocycles. The molecule has 1 amide bonds. The smallest absolute Gasteiger partial charge is 0.338 e. The average Bonchev–Trinajstić information content (AvgIpc) is 3.29. The maximum Gasteiger partial charge on any atom is 0.338 e. The Labute approximate surface area is 227 Å². The van der Waals surface area contributed by atoms with Gasteiger partial charge in [0.2, 0.25) is 5.91 Å². The topological polar surface area (TPSA) is 97.7 Å². The summed E-state index contributed by atoms with van der Waals surface area (Å²) >= 11 is 1.43. The number of hydrogen-bond donors (Lipinski definition) is 0. The van der Waals surface area contributed by atoms with E-state index in [0.717, 1.165) is 24.1 Å². The van der Waals surface area contributed by atoms with E-state index >= 15 is 0 Å². The minimum atomic E-state index is -0.512. The number of ether oxygens (including phenoxy) is 3. The van der Waals surface area contributed by atoms with Gasteiger partial charge in [0.1, 0.15) is 5.75 Å². The fraction of sp³-hybridized carbons (Fsp3) is 0.500. The van der Waals surface area contributed by atoms with E-state index in [1.807, 2.05) is 55.3 Å². The molecule has 3 aliphatic rings. The van der Waals surface area contributed by atoms with Gasteiger partial charge in [-0.3, -0.25) is 9.59 Å². The Morgan fingerprint density at radius 3 is 2.58 bits per heavy atom. The highest BCUT2D eigenvalue weighted by atomic mass is 32.2. The van der Waals surface area contributed by atoms with Crippen LogP contribution in [0.5, 0.6) is 5.75 Å². The molecular weight excluding hydrogens is 506 g/mol. The highest BCUT2D eigenvalue weighted by Gasteiger charge is 2.42. The van der Waals surface area contributed by atoms with Crippen molar-refractivity contribution in [2.75, 3.05) is 26.8 Å². The molecule has 1 saturated heterocycles. The summed E-state index contributed by atoms with van der Waals surface area (Å²) in [6.45, 7) is 8.49. The second kappa shape index (κ2) is 12.1. The number of amidine groups is 1. The van der Waals surface area contributed by atoms with Crippen LogP contribution in [0.3, 0.4) is 0 Å². The van der Waals surface area contributed by atoms with E-state index in [4.69, 9.17) is 19.2 Å². The Kier molecular flexibility index (Phi) is 8.81. The second-order valence-electron chi connectivity index (χ2n) is 9.73. The highest BCUT2D eigenvalue weighted by Crippen LogP contribution is 2.45. The minimum Gasteiger partial charge on any atom is -0.497 e. The molecule has 0 spiro atoms. The standard InChI is InChI=1S/C28H35N3O6S/c1-6-36-26(33)20-8-7-13-30(15-20)23(32)14-21-16-38-28-29-18(4)24(27(34)37-17(2)3)25(31(21)28)19-9-11-22(35-5)12-10-19/h9-12,16-17,20,25H,6-8,13-15H2,1-5H3/t20-,25-/m0/s1. The van der Waals surface area contributed by atoms with E-state index in [1.165, 1.54) is 11.8 Å². The van der Waals surface area contributed by atoms with Crippen molar-refractivity contribution in [2.45, 2.75) is 59.1 Å². The number of carbonyl (C=O) groups excluding carboxylic acids is 3. The molecular formula is C28H35N3O6S. The molecule has 0 saturated carbocycles. The van der Waals surface area contributed by atoms with Crippen LogP contribution in [0.1, 0.15) is 58.6 Å². The number of methoxy groups -OCH3 is 1. The molecule has 38 heavy (non-hydrogen) atoms. The molecule has 9 nitrogen and oxygen atoms in total. The molecule has 0 bridgehead atoms. The molecule has 0 N–H and O–H groups in total.